The van der Waals surface area contributed by atoms with Crippen molar-refractivity contribution in [1.29, 1.82) is 0 Å². The van der Waals surface area contributed by atoms with Gasteiger partial charge in [0.25, 0.3) is 0 Å². The van der Waals surface area contributed by atoms with Gasteiger partial charge < -0.3 is 5.11 Å². The van der Waals surface area contributed by atoms with E-state index in [-0.39, 0.29) is 0 Å². The van der Waals surface area contributed by atoms with Gasteiger partial charge in [-0.1, -0.05) is 35.9 Å². The maximum Gasteiger partial charge on any atom is 0.328 e. The van der Waals surface area contributed by atoms with E-state index in [0.717, 1.165) is 29.7 Å². The summed E-state index contributed by atoms with van der Waals surface area (Å²) in [4.78, 5) is 14.9. The molecule has 0 fully saturated rings. The molecule has 0 bridgehead atoms. The van der Waals surface area contributed by atoms with Gasteiger partial charge in [0.2, 0.25) is 0 Å². The first-order chi connectivity index (χ1) is 9.65. The van der Waals surface area contributed by atoms with Crippen LogP contribution in [0.5, 0.6) is 0 Å². The second-order valence-corrected chi connectivity index (χ2v) is 4.74. The molecular weight excluding hydrogens is 250 g/mol. The normalized spacial score (nSPS) is 11.3. The summed E-state index contributed by atoms with van der Waals surface area (Å²) < 4.78 is 0. The van der Waals surface area contributed by atoms with E-state index >= 15 is 0 Å². The summed E-state index contributed by atoms with van der Waals surface area (Å²) in [6, 6.07) is 14.1. The van der Waals surface area contributed by atoms with Crippen LogP contribution < -0.4 is 0 Å². The van der Waals surface area contributed by atoms with Crippen LogP contribution in [0.25, 0.3) is 11.3 Å². The smallest absolute Gasteiger partial charge is 0.328 e. The average Bonchev–Trinajstić information content (AvgIpc) is 2.46. The molecule has 102 valence electrons. The number of aryl methyl sites for hydroxylation is 1. The Morgan fingerprint density at radius 3 is 2.55 bits per heavy atom. The molecule has 0 aliphatic carbocycles. The number of pyridine rings is 1. The van der Waals surface area contributed by atoms with Crippen LogP contribution in [0.1, 0.15) is 18.9 Å². The summed E-state index contributed by atoms with van der Waals surface area (Å²) >= 11 is 0. The highest BCUT2D eigenvalue weighted by molar-refractivity contribution is 5.80. The molecule has 0 unspecified atom stereocenters. The van der Waals surface area contributed by atoms with Gasteiger partial charge in [-0.2, -0.15) is 0 Å². The van der Waals surface area contributed by atoms with Crippen LogP contribution in [0.15, 0.2) is 60.3 Å². The molecule has 3 nitrogen and oxygen atoms in total. The van der Waals surface area contributed by atoms with Crippen LogP contribution in [0.2, 0.25) is 0 Å². The third kappa shape index (κ3) is 4.05. The summed E-state index contributed by atoms with van der Waals surface area (Å²) in [6.45, 7) is 1.84. The summed E-state index contributed by atoms with van der Waals surface area (Å²) in [5.41, 5.74) is 4.13. The van der Waals surface area contributed by atoms with Gasteiger partial charge in [-0.25, -0.2) is 4.79 Å². The van der Waals surface area contributed by atoms with Crippen molar-refractivity contribution < 1.29 is 9.90 Å². The molecule has 0 radical (unpaired) electrons. The van der Waals surface area contributed by atoms with Crippen molar-refractivity contribution in [3.8, 4) is 11.3 Å². The Bertz CT molecular complexity index is 601. The molecular formula is C17H17NO2. The van der Waals surface area contributed by atoms with E-state index in [1.54, 1.807) is 6.20 Å². The lowest BCUT2D eigenvalue weighted by atomic mass is 10.0. The fourth-order valence-corrected chi connectivity index (χ4v) is 2.00. The van der Waals surface area contributed by atoms with Crippen molar-refractivity contribution in [3.05, 3.63) is 65.9 Å². The summed E-state index contributed by atoms with van der Waals surface area (Å²) in [5.74, 6) is -0.881. The molecule has 1 N–H and O–H groups in total. The van der Waals surface area contributed by atoms with Crippen molar-refractivity contribution in [1.82, 2.24) is 4.98 Å². The van der Waals surface area contributed by atoms with Crippen molar-refractivity contribution in [2.75, 3.05) is 0 Å². The van der Waals surface area contributed by atoms with Gasteiger partial charge in [0.1, 0.15) is 0 Å². The number of benzene rings is 1. The van der Waals surface area contributed by atoms with E-state index in [1.165, 1.54) is 11.6 Å². The number of allylic oxidation sites excluding steroid dienone is 1. The zero-order valence-corrected chi connectivity index (χ0v) is 11.4. The predicted molar refractivity (Wildman–Crippen MR) is 79.4 cm³/mol. The van der Waals surface area contributed by atoms with Crippen LogP contribution >= 0.6 is 0 Å². The lowest BCUT2D eigenvalue weighted by Crippen LogP contribution is -1.92. The molecule has 2 rings (SSSR count). The van der Waals surface area contributed by atoms with Gasteiger partial charge in [0.05, 0.1) is 5.69 Å². The van der Waals surface area contributed by atoms with E-state index in [2.05, 4.69) is 17.1 Å². The van der Waals surface area contributed by atoms with Crippen LogP contribution in [0, 0.1) is 0 Å². The average molecular weight is 267 g/mol. The summed E-state index contributed by atoms with van der Waals surface area (Å²) in [7, 11) is 0. The molecule has 2 aromatic rings. The van der Waals surface area contributed by atoms with Crippen molar-refractivity contribution in [2.45, 2.75) is 19.8 Å². The first-order valence-electron chi connectivity index (χ1n) is 6.55. The van der Waals surface area contributed by atoms with Gasteiger partial charge in [-0.15, -0.1) is 0 Å². The molecule has 0 aliphatic heterocycles. The van der Waals surface area contributed by atoms with E-state index in [0.29, 0.717) is 0 Å². The monoisotopic (exact) mass is 267 g/mol. The standard InChI is InChI=1S/C17H17NO2/c1-13(12-17(19)20)5-6-14-7-9-15(10-8-14)16-4-2-3-11-18-16/h2-4,7-12H,5-6H2,1H3,(H,19,20)/b13-12+. The minimum atomic E-state index is -0.881. The van der Waals surface area contributed by atoms with Crippen LogP contribution in [0.4, 0.5) is 0 Å². The fourth-order valence-electron chi connectivity index (χ4n) is 2.00. The minimum Gasteiger partial charge on any atom is -0.478 e. The summed E-state index contributed by atoms with van der Waals surface area (Å²) in [6.07, 6.45) is 4.65. The molecule has 0 amide bonds. The maximum atomic E-state index is 10.5. The Balaban J connectivity index is 2.01. The number of carboxylic acid groups (broad SMARTS) is 1. The Labute approximate surface area is 118 Å². The summed E-state index contributed by atoms with van der Waals surface area (Å²) in [5, 5.41) is 8.66. The third-order valence-electron chi connectivity index (χ3n) is 3.09. The fraction of sp³-hybridized carbons (Fsp3) is 0.176. The highest BCUT2D eigenvalue weighted by Gasteiger charge is 2.00. The number of aromatic nitrogens is 1. The number of nitrogens with zero attached hydrogens (tertiary/aromatic N) is 1. The molecule has 1 aromatic carbocycles. The van der Waals surface area contributed by atoms with Gasteiger partial charge in [0, 0.05) is 17.8 Å². The Kier molecular flexibility index (Phi) is 4.66. The zero-order chi connectivity index (χ0) is 14.4. The highest BCUT2D eigenvalue weighted by atomic mass is 16.4. The molecule has 0 aliphatic rings. The lowest BCUT2D eigenvalue weighted by Gasteiger charge is -2.04. The van der Waals surface area contributed by atoms with E-state index in [4.69, 9.17) is 5.11 Å². The van der Waals surface area contributed by atoms with Gasteiger partial charge >= 0.3 is 5.97 Å². The molecule has 0 spiro atoms. The maximum absolute atomic E-state index is 10.5. The molecule has 1 aromatic heterocycles. The van der Waals surface area contributed by atoms with Crippen LogP contribution in [-0.4, -0.2) is 16.1 Å². The number of rotatable bonds is 5. The molecule has 20 heavy (non-hydrogen) atoms. The van der Waals surface area contributed by atoms with Crippen molar-refractivity contribution in [3.63, 3.8) is 0 Å². The van der Waals surface area contributed by atoms with E-state index < -0.39 is 5.97 Å². The van der Waals surface area contributed by atoms with E-state index in [9.17, 15) is 4.79 Å². The predicted octanol–water partition coefficient (Wildman–Crippen LogP) is 3.71. The SMILES string of the molecule is C/C(=C\C(=O)O)CCc1ccc(-c2ccccn2)cc1. The van der Waals surface area contributed by atoms with Gasteiger partial charge in [-0.05, 0) is 37.5 Å². The zero-order valence-electron chi connectivity index (χ0n) is 11.4. The number of aliphatic carboxylic acids is 1. The second kappa shape index (κ2) is 6.66. The Morgan fingerprint density at radius 2 is 1.95 bits per heavy atom. The van der Waals surface area contributed by atoms with Crippen LogP contribution in [-0.2, 0) is 11.2 Å². The first kappa shape index (κ1) is 14.0. The number of carboxylic acids is 1. The van der Waals surface area contributed by atoms with Gasteiger partial charge in [-0.3, -0.25) is 4.98 Å². The first-order valence-corrected chi connectivity index (χ1v) is 6.55. The highest BCUT2D eigenvalue weighted by Crippen LogP contribution is 2.18. The number of carbonyl (C=O) groups is 1. The lowest BCUT2D eigenvalue weighted by molar-refractivity contribution is -0.131. The quantitative estimate of drug-likeness (QED) is 0.840. The van der Waals surface area contributed by atoms with Crippen LogP contribution in [0.3, 0.4) is 0 Å². The topological polar surface area (TPSA) is 50.2 Å². The molecule has 3 heteroatoms. The largest absolute Gasteiger partial charge is 0.478 e. The Morgan fingerprint density at radius 1 is 1.20 bits per heavy atom. The number of hydrogen-bond acceptors (Lipinski definition) is 2. The van der Waals surface area contributed by atoms with E-state index in [1.807, 2.05) is 37.3 Å². The van der Waals surface area contributed by atoms with Crippen molar-refractivity contribution in [2.24, 2.45) is 0 Å². The number of hydrogen-bond donors (Lipinski definition) is 1. The second-order valence-electron chi connectivity index (χ2n) is 4.74. The third-order valence-corrected chi connectivity index (χ3v) is 3.09. The molecule has 1 heterocycles. The molecule has 0 saturated carbocycles. The molecule has 0 atom stereocenters. The Hall–Kier alpha value is -2.42. The molecule has 0 saturated heterocycles. The minimum absolute atomic E-state index is 0.759. The van der Waals surface area contributed by atoms with Gasteiger partial charge in [0.15, 0.2) is 0 Å². The van der Waals surface area contributed by atoms with Crippen molar-refractivity contribution >= 4 is 5.97 Å².